The van der Waals surface area contributed by atoms with Gasteiger partial charge in [-0.25, -0.2) is 0 Å². The van der Waals surface area contributed by atoms with Crippen LogP contribution in [0, 0.1) is 17.3 Å². The fourth-order valence-corrected chi connectivity index (χ4v) is 5.37. The first-order valence-electron chi connectivity index (χ1n) is 9.64. The highest BCUT2D eigenvalue weighted by atomic mass is 16.6. The molecule has 2 heterocycles. The molecule has 0 bridgehead atoms. The highest BCUT2D eigenvalue weighted by molar-refractivity contribution is 5.10. The minimum absolute atomic E-state index is 0.0778. The van der Waals surface area contributed by atoms with E-state index in [1.54, 1.807) is 0 Å². The van der Waals surface area contributed by atoms with Gasteiger partial charge >= 0.3 is 0 Å². The summed E-state index contributed by atoms with van der Waals surface area (Å²) in [5, 5.41) is 11.0. The molecule has 132 valence electrons. The minimum atomic E-state index is -0.508. The first-order chi connectivity index (χ1) is 10.6. The quantitative estimate of drug-likeness (QED) is 0.797. The lowest BCUT2D eigenvalue weighted by Gasteiger charge is -2.35. The fraction of sp³-hybridized carbons (Fsp3) is 1.00. The van der Waals surface area contributed by atoms with Gasteiger partial charge in [0.2, 0.25) is 0 Å². The van der Waals surface area contributed by atoms with Crippen molar-refractivity contribution in [2.75, 3.05) is 0 Å². The highest BCUT2D eigenvalue weighted by Gasteiger charge is 2.61. The molecule has 0 aromatic heterocycles. The maximum absolute atomic E-state index is 11.0. The van der Waals surface area contributed by atoms with Crippen molar-refractivity contribution in [3.63, 3.8) is 0 Å². The average Bonchev–Trinajstić information content (AvgIpc) is 3.32. The van der Waals surface area contributed by atoms with Crippen LogP contribution in [0.2, 0.25) is 0 Å². The summed E-state index contributed by atoms with van der Waals surface area (Å²) in [6, 6.07) is 0. The summed E-state index contributed by atoms with van der Waals surface area (Å²) in [6.45, 7) is 11.2. The summed E-state index contributed by atoms with van der Waals surface area (Å²) in [7, 11) is 0. The number of hydrogen-bond donors (Lipinski definition) is 1. The zero-order chi connectivity index (χ0) is 16.7. The molecule has 7 unspecified atom stereocenters. The second-order valence-corrected chi connectivity index (χ2v) is 10.2. The minimum Gasteiger partial charge on any atom is -0.390 e. The third-order valence-corrected chi connectivity index (χ3v) is 7.77. The number of hydrogen-bond acceptors (Lipinski definition) is 3. The van der Waals surface area contributed by atoms with Crippen LogP contribution in [0.15, 0.2) is 0 Å². The molecule has 7 atom stereocenters. The maximum atomic E-state index is 11.0. The van der Waals surface area contributed by atoms with Crippen LogP contribution >= 0.6 is 0 Å². The van der Waals surface area contributed by atoms with E-state index in [9.17, 15) is 5.11 Å². The van der Waals surface area contributed by atoms with Crippen molar-refractivity contribution in [3.05, 3.63) is 0 Å². The van der Waals surface area contributed by atoms with Gasteiger partial charge in [0.1, 0.15) is 0 Å². The molecule has 3 heteroatoms. The van der Waals surface area contributed by atoms with E-state index in [0.717, 1.165) is 19.3 Å². The van der Waals surface area contributed by atoms with Gasteiger partial charge in [-0.05, 0) is 89.9 Å². The average molecular weight is 322 g/mol. The largest absolute Gasteiger partial charge is 0.390 e. The molecule has 4 aliphatic rings. The summed E-state index contributed by atoms with van der Waals surface area (Å²) in [5.41, 5.74) is -0.00902. The van der Waals surface area contributed by atoms with Crippen LogP contribution in [0.5, 0.6) is 0 Å². The van der Waals surface area contributed by atoms with Crippen LogP contribution < -0.4 is 0 Å². The van der Waals surface area contributed by atoms with Crippen molar-refractivity contribution in [1.82, 2.24) is 0 Å². The van der Waals surface area contributed by atoms with E-state index in [1.807, 2.05) is 0 Å². The molecule has 2 saturated carbocycles. The molecule has 0 aromatic rings. The number of rotatable bonds is 3. The third-order valence-electron chi connectivity index (χ3n) is 7.77. The van der Waals surface area contributed by atoms with Gasteiger partial charge in [0, 0.05) is 0 Å². The van der Waals surface area contributed by atoms with Crippen LogP contribution in [-0.2, 0) is 9.47 Å². The summed E-state index contributed by atoms with van der Waals surface area (Å²) in [6.07, 6.45) is 8.72. The monoisotopic (exact) mass is 322 g/mol. The Balaban J connectivity index is 1.48. The fourth-order valence-electron chi connectivity index (χ4n) is 5.37. The predicted octanol–water partition coefficient (Wildman–Crippen LogP) is 4.07. The molecule has 2 aliphatic heterocycles. The predicted molar refractivity (Wildman–Crippen MR) is 90.3 cm³/mol. The smallest absolute Gasteiger partial charge is 0.0920 e. The summed E-state index contributed by atoms with van der Waals surface area (Å²) in [4.78, 5) is 0. The van der Waals surface area contributed by atoms with Gasteiger partial charge in [-0.3, -0.25) is 0 Å². The molecule has 0 spiro atoms. The molecule has 0 radical (unpaired) electrons. The summed E-state index contributed by atoms with van der Waals surface area (Å²) in [5.74, 6) is 1.17. The van der Waals surface area contributed by atoms with E-state index in [-0.39, 0.29) is 11.2 Å². The molecule has 0 amide bonds. The van der Waals surface area contributed by atoms with E-state index in [4.69, 9.17) is 9.47 Å². The second-order valence-electron chi connectivity index (χ2n) is 10.2. The van der Waals surface area contributed by atoms with Gasteiger partial charge in [-0.1, -0.05) is 6.92 Å². The van der Waals surface area contributed by atoms with Crippen molar-refractivity contribution < 1.29 is 14.6 Å². The molecule has 0 aromatic carbocycles. The van der Waals surface area contributed by atoms with Crippen LogP contribution in [0.1, 0.15) is 79.6 Å². The van der Waals surface area contributed by atoms with Crippen LogP contribution in [0.25, 0.3) is 0 Å². The van der Waals surface area contributed by atoms with Gasteiger partial charge in [0.25, 0.3) is 0 Å². The van der Waals surface area contributed by atoms with Crippen molar-refractivity contribution in [3.8, 4) is 0 Å². The maximum Gasteiger partial charge on any atom is 0.0920 e. The van der Waals surface area contributed by atoms with Crippen LogP contribution in [0.3, 0.4) is 0 Å². The first-order valence-corrected chi connectivity index (χ1v) is 9.64. The molecular weight excluding hydrogens is 288 g/mol. The van der Waals surface area contributed by atoms with E-state index in [2.05, 4.69) is 34.6 Å². The molecule has 23 heavy (non-hydrogen) atoms. The zero-order valence-corrected chi connectivity index (χ0v) is 15.5. The highest BCUT2D eigenvalue weighted by Crippen LogP contribution is 2.63. The Morgan fingerprint density at radius 3 is 2.30 bits per heavy atom. The zero-order valence-electron chi connectivity index (χ0n) is 15.5. The number of epoxide rings is 2. The molecule has 1 N–H and O–H groups in total. The Bertz CT molecular complexity index is 499. The summed E-state index contributed by atoms with van der Waals surface area (Å²) < 4.78 is 11.8. The number of aliphatic hydroxyl groups is 1. The van der Waals surface area contributed by atoms with E-state index >= 15 is 0 Å². The Morgan fingerprint density at radius 2 is 1.65 bits per heavy atom. The van der Waals surface area contributed by atoms with Crippen molar-refractivity contribution in [2.45, 2.75) is 109 Å². The Labute approximate surface area is 141 Å². The van der Waals surface area contributed by atoms with Gasteiger partial charge in [-0.15, -0.1) is 0 Å². The van der Waals surface area contributed by atoms with Gasteiger partial charge in [-0.2, -0.15) is 0 Å². The molecule has 2 aliphatic carbocycles. The molecule has 4 rings (SSSR count). The van der Waals surface area contributed by atoms with Crippen LogP contribution in [0.4, 0.5) is 0 Å². The Morgan fingerprint density at radius 1 is 0.957 bits per heavy atom. The third kappa shape index (κ3) is 2.87. The van der Waals surface area contributed by atoms with Crippen molar-refractivity contribution in [2.24, 2.45) is 17.3 Å². The lowest BCUT2D eigenvalue weighted by Crippen LogP contribution is -2.34. The van der Waals surface area contributed by atoms with Crippen molar-refractivity contribution in [1.29, 1.82) is 0 Å². The SMILES string of the molecule is CC1(O)CCC2OC2(C)CCC(C)(CCC2OC2(C)C)C2CC21. The van der Waals surface area contributed by atoms with E-state index in [1.165, 1.54) is 25.7 Å². The van der Waals surface area contributed by atoms with Crippen LogP contribution in [-0.4, -0.2) is 34.1 Å². The lowest BCUT2D eigenvalue weighted by molar-refractivity contribution is 0.00707. The topological polar surface area (TPSA) is 45.3 Å². The summed E-state index contributed by atoms with van der Waals surface area (Å²) >= 11 is 0. The standard InChI is InChI=1S/C20H34O3/c1-17(2)15(22-17)6-8-18(3)10-11-20(5)16(23-20)7-9-19(4,21)14-12-13(14)18/h13-16,21H,6-12H2,1-5H3. The van der Waals surface area contributed by atoms with E-state index < -0.39 is 5.60 Å². The van der Waals surface area contributed by atoms with Crippen molar-refractivity contribution >= 4 is 0 Å². The first kappa shape index (κ1) is 16.4. The second kappa shape index (κ2) is 4.74. The number of fused-ring (bicyclic) bond motifs is 2. The molecular formula is C20H34O3. The number of ether oxygens (including phenoxy) is 2. The normalized spacial score (nSPS) is 57.1. The van der Waals surface area contributed by atoms with Gasteiger partial charge < -0.3 is 14.6 Å². The molecule has 4 fully saturated rings. The van der Waals surface area contributed by atoms with E-state index in [0.29, 0.717) is 29.5 Å². The molecule has 2 saturated heterocycles. The Hall–Kier alpha value is -0.120. The van der Waals surface area contributed by atoms with Gasteiger partial charge in [0.15, 0.2) is 0 Å². The Kier molecular flexibility index (Phi) is 3.37. The lowest BCUT2D eigenvalue weighted by atomic mass is 9.71. The molecule has 3 nitrogen and oxygen atoms in total. The van der Waals surface area contributed by atoms with Gasteiger partial charge in [0.05, 0.1) is 29.0 Å².